The molecule has 1 aliphatic heterocycles. The number of nitrogen functional groups attached to an aromatic ring is 1. The number of aromatic nitrogens is 2. The number of nitrogens with two attached hydrogens (primary N) is 1. The van der Waals surface area contributed by atoms with Crippen LogP contribution in [-0.4, -0.2) is 22.5 Å². The first-order valence-electron chi connectivity index (χ1n) is 4.44. The lowest BCUT2D eigenvalue weighted by Crippen LogP contribution is -1.88. The number of unbranched alkanes of at least 4 members (excludes halogenated alkanes) is 1. The first-order valence-corrected chi connectivity index (χ1v) is 5.26. The van der Waals surface area contributed by atoms with Gasteiger partial charge in [-0.05, 0) is 19.3 Å². The molecule has 0 aliphatic carbocycles. The van der Waals surface area contributed by atoms with Gasteiger partial charge in [0.2, 0.25) is 5.13 Å². The maximum atomic E-state index is 5.47. The van der Waals surface area contributed by atoms with E-state index < -0.39 is 0 Å². The highest BCUT2D eigenvalue weighted by Crippen LogP contribution is 2.15. The van der Waals surface area contributed by atoms with Gasteiger partial charge >= 0.3 is 0 Å². The molecule has 1 aromatic heterocycles. The van der Waals surface area contributed by atoms with Gasteiger partial charge in [-0.25, -0.2) is 0 Å². The van der Waals surface area contributed by atoms with Crippen molar-refractivity contribution in [2.45, 2.75) is 25.7 Å². The predicted molar refractivity (Wildman–Crippen MR) is 54.2 cm³/mol. The van der Waals surface area contributed by atoms with Crippen LogP contribution in [0.3, 0.4) is 0 Å². The monoisotopic (exact) mass is 196 g/mol. The second-order valence-electron chi connectivity index (χ2n) is 3.12. The molecular weight excluding hydrogens is 184 g/mol. The van der Waals surface area contributed by atoms with Gasteiger partial charge in [0.05, 0.1) is 6.54 Å². The zero-order valence-corrected chi connectivity index (χ0v) is 8.18. The van der Waals surface area contributed by atoms with Crippen molar-refractivity contribution < 1.29 is 0 Å². The standard InChI is InChI=1S/C8H12N4S/c9-8-12-11-7(13-8)4-2-1-3-6-5-10-6/h1-5H2,(H2,9,12). The summed E-state index contributed by atoms with van der Waals surface area (Å²) in [6.07, 6.45) is 4.53. The third kappa shape index (κ3) is 2.77. The molecule has 1 aliphatic rings. The topological polar surface area (TPSA) is 64.2 Å². The molecule has 2 rings (SSSR count). The fraction of sp³-hybridized carbons (Fsp3) is 0.625. The molecule has 0 spiro atoms. The lowest BCUT2D eigenvalue weighted by Gasteiger charge is -1.92. The van der Waals surface area contributed by atoms with E-state index in [2.05, 4.69) is 15.2 Å². The molecular formula is C8H12N4S. The van der Waals surface area contributed by atoms with Crippen molar-refractivity contribution in [3.05, 3.63) is 5.01 Å². The van der Waals surface area contributed by atoms with Gasteiger partial charge in [0, 0.05) is 12.1 Å². The summed E-state index contributed by atoms with van der Waals surface area (Å²) in [6, 6.07) is 0. The average Bonchev–Trinajstić information content (AvgIpc) is 2.84. The number of aliphatic imine (C=N–C) groups is 1. The Morgan fingerprint density at radius 1 is 1.23 bits per heavy atom. The van der Waals surface area contributed by atoms with Gasteiger partial charge in [-0.2, -0.15) is 0 Å². The van der Waals surface area contributed by atoms with Gasteiger partial charge in [-0.15, -0.1) is 10.2 Å². The van der Waals surface area contributed by atoms with Gasteiger partial charge in [-0.3, -0.25) is 4.99 Å². The molecule has 0 amide bonds. The van der Waals surface area contributed by atoms with Gasteiger partial charge in [0.1, 0.15) is 5.01 Å². The summed E-state index contributed by atoms with van der Waals surface area (Å²) >= 11 is 1.49. The molecule has 0 fully saturated rings. The summed E-state index contributed by atoms with van der Waals surface area (Å²) < 4.78 is 0. The van der Waals surface area contributed by atoms with Crippen molar-refractivity contribution >= 4 is 22.2 Å². The first-order chi connectivity index (χ1) is 6.34. The number of aryl methyl sites for hydroxylation is 1. The molecule has 0 saturated heterocycles. The van der Waals surface area contributed by atoms with Crippen LogP contribution < -0.4 is 5.73 Å². The molecule has 4 nitrogen and oxygen atoms in total. The number of nitrogens with zero attached hydrogens (tertiary/aromatic N) is 3. The molecule has 5 heteroatoms. The minimum absolute atomic E-state index is 0.571. The van der Waals surface area contributed by atoms with Crippen LogP contribution in [0.5, 0.6) is 0 Å². The lowest BCUT2D eigenvalue weighted by atomic mass is 10.2. The Morgan fingerprint density at radius 3 is 2.62 bits per heavy atom. The molecule has 1 aromatic rings. The van der Waals surface area contributed by atoms with Crippen LogP contribution in [0.15, 0.2) is 4.99 Å². The second kappa shape index (κ2) is 3.83. The van der Waals surface area contributed by atoms with Crippen molar-refractivity contribution in [3.63, 3.8) is 0 Å². The molecule has 0 unspecified atom stereocenters. The molecule has 0 atom stereocenters. The van der Waals surface area contributed by atoms with E-state index in [1.807, 2.05) is 0 Å². The summed E-state index contributed by atoms with van der Waals surface area (Å²) in [4.78, 5) is 4.12. The van der Waals surface area contributed by atoms with E-state index in [0.29, 0.717) is 5.13 Å². The number of rotatable bonds is 5. The van der Waals surface area contributed by atoms with Gasteiger partial charge in [-0.1, -0.05) is 11.3 Å². The quantitative estimate of drug-likeness (QED) is 0.722. The number of hydrogen-bond acceptors (Lipinski definition) is 5. The molecule has 2 heterocycles. The molecule has 0 saturated carbocycles. The van der Waals surface area contributed by atoms with Crippen LogP contribution in [0.1, 0.15) is 24.3 Å². The highest BCUT2D eigenvalue weighted by molar-refractivity contribution is 7.15. The Balaban J connectivity index is 1.64. The normalized spacial score (nSPS) is 14.3. The van der Waals surface area contributed by atoms with Crippen LogP contribution in [0.25, 0.3) is 0 Å². The Kier molecular flexibility index (Phi) is 2.54. The maximum Gasteiger partial charge on any atom is 0.203 e. The second-order valence-corrected chi connectivity index (χ2v) is 4.22. The Bertz CT molecular complexity index is 318. The third-order valence-corrected chi connectivity index (χ3v) is 2.78. The Morgan fingerprint density at radius 2 is 2.00 bits per heavy atom. The van der Waals surface area contributed by atoms with E-state index in [1.54, 1.807) is 0 Å². The largest absolute Gasteiger partial charge is 0.374 e. The van der Waals surface area contributed by atoms with E-state index in [9.17, 15) is 0 Å². The average molecular weight is 196 g/mol. The van der Waals surface area contributed by atoms with E-state index in [-0.39, 0.29) is 0 Å². The van der Waals surface area contributed by atoms with E-state index in [0.717, 1.165) is 30.8 Å². The first kappa shape index (κ1) is 8.62. The number of anilines is 1. The summed E-state index contributed by atoms with van der Waals surface area (Å²) in [7, 11) is 0. The van der Waals surface area contributed by atoms with Crippen LogP contribution in [0.2, 0.25) is 0 Å². The van der Waals surface area contributed by atoms with E-state index in [1.165, 1.54) is 23.5 Å². The summed E-state index contributed by atoms with van der Waals surface area (Å²) in [5, 5.41) is 9.35. The molecule has 2 N–H and O–H groups in total. The predicted octanol–water partition coefficient (Wildman–Crippen LogP) is 1.29. The molecule has 0 radical (unpaired) electrons. The van der Waals surface area contributed by atoms with E-state index in [4.69, 9.17) is 5.73 Å². The van der Waals surface area contributed by atoms with Crippen LogP contribution in [0.4, 0.5) is 5.13 Å². The molecule has 0 bridgehead atoms. The van der Waals surface area contributed by atoms with Crippen LogP contribution in [-0.2, 0) is 6.42 Å². The minimum Gasteiger partial charge on any atom is -0.374 e. The molecule has 13 heavy (non-hydrogen) atoms. The van der Waals surface area contributed by atoms with Crippen LogP contribution in [0, 0.1) is 0 Å². The van der Waals surface area contributed by atoms with Crippen molar-refractivity contribution in [1.82, 2.24) is 10.2 Å². The van der Waals surface area contributed by atoms with Gasteiger partial charge < -0.3 is 5.73 Å². The zero-order valence-electron chi connectivity index (χ0n) is 7.36. The zero-order chi connectivity index (χ0) is 9.10. The number of hydrogen-bond donors (Lipinski definition) is 1. The minimum atomic E-state index is 0.571. The van der Waals surface area contributed by atoms with Crippen LogP contribution >= 0.6 is 11.3 Å². The fourth-order valence-corrected chi connectivity index (χ4v) is 1.84. The van der Waals surface area contributed by atoms with Crippen molar-refractivity contribution in [2.24, 2.45) is 4.99 Å². The smallest absolute Gasteiger partial charge is 0.203 e. The summed E-state index contributed by atoms with van der Waals surface area (Å²) in [5.41, 5.74) is 6.84. The maximum absolute atomic E-state index is 5.47. The lowest BCUT2D eigenvalue weighted by molar-refractivity contribution is 0.753. The SMILES string of the molecule is Nc1nnc(CCCCC2=NC2)s1. The van der Waals surface area contributed by atoms with Crippen molar-refractivity contribution in [1.29, 1.82) is 0 Å². The highest BCUT2D eigenvalue weighted by Gasteiger charge is 2.08. The van der Waals surface area contributed by atoms with Gasteiger partial charge in [0.15, 0.2) is 0 Å². The Hall–Kier alpha value is -0.970. The van der Waals surface area contributed by atoms with Crippen molar-refractivity contribution in [2.75, 3.05) is 12.3 Å². The third-order valence-electron chi connectivity index (χ3n) is 1.97. The summed E-state index contributed by atoms with van der Waals surface area (Å²) in [5.74, 6) is 0. The highest BCUT2D eigenvalue weighted by atomic mass is 32.1. The fourth-order valence-electron chi connectivity index (χ4n) is 1.19. The summed E-state index contributed by atoms with van der Waals surface area (Å²) in [6.45, 7) is 1.01. The Labute approximate surface area is 80.9 Å². The van der Waals surface area contributed by atoms with E-state index >= 15 is 0 Å². The molecule has 70 valence electrons. The van der Waals surface area contributed by atoms with Crippen molar-refractivity contribution in [3.8, 4) is 0 Å². The molecule has 0 aromatic carbocycles. The van der Waals surface area contributed by atoms with Gasteiger partial charge in [0.25, 0.3) is 0 Å².